The van der Waals surface area contributed by atoms with E-state index in [9.17, 15) is 33.6 Å². The first kappa shape index (κ1) is 90.9. The van der Waals surface area contributed by atoms with Gasteiger partial charge in [-0.2, -0.15) is 0 Å². The van der Waals surface area contributed by atoms with Crippen LogP contribution >= 0.6 is 0 Å². The minimum Gasteiger partial charge on any atom is -0.310 e. The van der Waals surface area contributed by atoms with Gasteiger partial charge in [0, 0.05) is 104 Å². The number of rotatable bonds is 6. The third kappa shape index (κ3) is 14.3. The lowest BCUT2D eigenvalue weighted by molar-refractivity contribution is 0.589. The lowest BCUT2D eigenvalue weighted by Crippen LogP contribution is -2.20. The molecule has 140 heavy (non-hydrogen) atoms. The van der Waals surface area contributed by atoms with E-state index in [2.05, 4.69) is 271 Å². The van der Waals surface area contributed by atoms with E-state index < -0.39 is 0 Å². The molecule has 23 rings (SSSR count). The fraction of sp³-hybridized carbons (Fsp3) is 0.222. The molecule has 15 aromatic carbocycles. The summed E-state index contributed by atoms with van der Waals surface area (Å²) in [5.41, 5.74) is 22.9. The van der Waals surface area contributed by atoms with Crippen LogP contribution < -0.4 is 53.2 Å². The summed E-state index contributed by atoms with van der Waals surface area (Å²) in [4.78, 5) is 120. The van der Waals surface area contributed by atoms with Crippen molar-refractivity contribution in [1.82, 2.24) is 17.6 Å². The Balaban J connectivity index is 0.000000125. The quantitative estimate of drug-likeness (QED) is 0.116. The number of pyridine rings is 8. The van der Waals surface area contributed by atoms with Crippen LogP contribution in [0.3, 0.4) is 0 Å². The summed E-state index contributed by atoms with van der Waals surface area (Å²) < 4.78 is 7.99. The van der Waals surface area contributed by atoms with Crippen LogP contribution in [0.2, 0.25) is 0 Å². The Morgan fingerprint density at radius 2 is 0.421 bits per heavy atom. The zero-order chi connectivity index (χ0) is 99.0. The van der Waals surface area contributed by atoms with Crippen LogP contribution in [0.15, 0.2) is 317 Å². The van der Waals surface area contributed by atoms with E-state index in [0.29, 0.717) is 152 Å². The summed E-state index contributed by atoms with van der Waals surface area (Å²) >= 11 is 0. The van der Waals surface area contributed by atoms with Crippen molar-refractivity contribution in [3.05, 3.63) is 416 Å². The molecule has 14 nitrogen and oxygen atoms in total. The normalized spacial score (nSPS) is 12.7. The zero-order valence-electron chi connectivity index (χ0n) is 83.5. The van der Waals surface area contributed by atoms with E-state index in [1.165, 1.54) is 44.8 Å². The average molecular weight is 1840 g/mol. The molecule has 8 heterocycles. The Kier molecular flexibility index (Phi) is 20.8. The molecule has 0 N–H and O–H groups in total. The van der Waals surface area contributed by atoms with Gasteiger partial charge in [0.25, 0.3) is 0 Å². The first-order valence-corrected chi connectivity index (χ1v) is 48.4. The Morgan fingerprint density at radius 1 is 0.179 bits per heavy atom. The molecular weight excluding hydrogens is 1730 g/mol. The van der Waals surface area contributed by atoms with E-state index in [4.69, 9.17) is 0 Å². The smallest absolute Gasteiger partial charge is 0.199 e. The molecule has 0 radical (unpaired) electrons. The molecule has 0 aliphatic carbocycles. The summed E-state index contributed by atoms with van der Waals surface area (Å²) in [5.74, 6) is 0. The lowest BCUT2D eigenvalue weighted by atomic mass is 9.84. The fourth-order valence-electron chi connectivity index (χ4n) is 21.6. The molecule has 0 aliphatic heterocycles. The standard InChI is InChI=1S/2C42H32N2O4.C42H48N2/c1-41(2,3)21-15-27-35-29(17-21)39(47)25-19-26-34(20-33(25)43(35)31-13-9-7-11-23(31)37(27)45)44-32-14-10-8-12-24(32)38(46)28-16-22(42(4,5)6)18-30(36(28)44)40(26)48;1-41(2,3)21-18-27-35-28(19-21)39(47)25-15-16-32-33(36(25)44(35)31-14-10-8-12-24(31)38(27)46)40(48)29-20-22(42(4,5)6)17-26-34(29)43(32)30-13-9-7-11-23(30)37(26)45;1-29-24-33(41(5,6)7)25-30(2)39(29)43(35-18-13-11-14-19-35)37-22-17-23-38(28-37)44(36-20-15-12-16-21-36)40-31(3)26-34(27-32(40)4)42(8,9)10/h2*7-20H,1-6H3;11-28H,1-10H3. The molecule has 694 valence electrons. The van der Waals surface area contributed by atoms with Crippen LogP contribution in [0, 0.1) is 27.7 Å². The van der Waals surface area contributed by atoms with Gasteiger partial charge in [-0.3, -0.25) is 38.4 Å². The van der Waals surface area contributed by atoms with Gasteiger partial charge < -0.3 is 27.4 Å². The van der Waals surface area contributed by atoms with Gasteiger partial charge in [-0.25, -0.2) is 0 Å². The number of anilines is 6. The van der Waals surface area contributed by atoms with Gasteiger partial charge in [0.15, 0.2) is 43.4 Å². The molecule has 0 spiro atoms. The highest BCUT2D eigenvalue weighted by molar-refractivity contribution is 6.19. The second-order valence-corrected chi connectivity index (χ2v) is 44.7. The van der Waals surface area contributed by atoms with Crippen LogP contribution in [-0.2, 0) is 32.5 Å². The Morgan fingerprint density at radius 3 is 0.729 bits per heavy atom. The highest BCUT2D eigenvalue weighted by Gasteiger charge is 2.33. The Hall–Kier alpha value is -15.5. The molecule has 0 amide bonds. The van der Waals surface area contributed by atoms with E-state index in [0.717, 1.165) is 45.0 Å². The molecule has 0 saturated carbocycles. The van der Waals surface area contributed by atoms with E-state index in [1.54, 1.807) is 18.2 Å². The van der Waals surface area contributed by atoms with Crippen LogP contribution in [-0.4, -0.2) is 17.6 Å². The van der Waals surface area contributed by atoms with Gasteiger partial charge in [-0.1, -0.05) is 240 Å². The first-order valence-electron chi connectivity index (χ1n) is 48.4. The van der Waals surface area contributed by atoms with Crippen molar-refractivity contribution in [3.63, 3.8) is 0 Å². The van der Waals surface area contributed by atoms with Crippen molar-refractivity contribution < 1.29 is 0 Å². The number of aromatic nitrogens is 4. The van der Waals surface area contributed by atoms with Crippen LogP contribution in [0.5, 0.6) is 0 Å². The monoisotopic (exact) mass is 1840 g/mol. The molecule has 0 saturated heterocycles. The van der Waals surface area contributed by atoms with Crippen molar-refractivity contribution in [2.24, 2.45) is 0 Å². The summed E-state index contributed by atoms with van der Waals surface area (Å²) in [5, 5.41) is 7.38. The van der Waals surface area contributed by atoms with Crippen molar-refractivity contribution >= 4 is 187 Å². The van der Waals surface area contributed by atoms with Crippen LogP contribution in [0.1, 0.15) is 180 Å². The number of aryl methyl sites for hydroxylation is 4. The van der Waals surface area contributed by atoms with Gasteiger partial charge in [-0.05, 0) is 280 Å². The number of hydrogen-bond acceptors (Lipinski definition) is 10. The number of nitrogens with zero attached hydrogens (tertiary/aromatic N) is 6. The Labute approximate surface area is 809 Å². The SMILES string of the molecule is CC(C)(C)c1cc2c(=O)c3ccccc3n3c4cc5c(cc4c(=O)c(c1)c23)c(=O)c1cc(C(C)(C)C)cc2c(=O)c3ccccc3n5c21.CC(C)(C)c1cc2c(=O)c3ccccc3n3c4ccc5c(=O)c6cc(C(C)(C)C)cc7c(=O)c8ccccc8n(c76)c5c4c(=O)c(c1)c23.Cc1cc(C(C)(C)C)cc(C)c1N(c1ccccc1)c1cccc(N(c2ccccc2)c2c(C)cc(C(C)(C)C)cc2C)c1. The van der Waals surface area contributed by atoms with Crippen molar-refractivity contribution in [2.45, 2.75) is 185 Å². The maximum atomic E-state index is 15.1. The van der Waals surface area contributed by atoms with E-state index >= 15 is 4.79 Å². The van der Waals surface area contributed by atoms with Gasteiger partial charge in [0.1, 0.15) is 0 Å². The lowest BCUT2D eigenvalue weighted by Gasteiger charge is -2.33. The van der Waals surface area contributed by atoms with Gasteiger partial charge in [0.05, 0.1) is 83.0 Å². The van der Waals surface area contributed by atoms with Crippen molar-refractivity contribution in [2.75, 3.05) is 9.80 Å². The molecule has 0 unspecified atom stereocenters. The largest absolute Gasteiger partial charge is 0.310 e. The van der Waals surface area contributed by atoms with Gasteiger partial charge in [-0.15, -0.1) is 0 Å². The second kappa shape index (κ2) is 32.0. The van der Waals surface area contributed by atoms with Crippen LogP contribution in [0.4, 0.5) is 34.1 Å². The summed E-state index contributed by atoms with van der Waals surface area (Å²) in [6, 6.07) is 92.3. The summed E-state index contributed by atoms with van der Waals surface area (Å²) in [6.07, 6.45) is 0. The van der Waals surface area contributed by atoms with Gasteiger partial charge in [0.2, 0.25) is 0 Å². The third-order valence-electron chi connectivity index (χ3n) is 29.0. The molecule has 0 aliphatic rings. The van der Waals surface area contributed by atoms with Crippen LogP contribution in [0.25, 0.3) is 152 Å². The van der Waals surface area contributed by atoms with Crippen molar-refractivity contribution in [1.29, 1.82) is 0 Å². The second-order valence-electron chi connectivity index (χ2n) is 44.7. The minimum atomic E-state index is -0.342. The van der Waals surface area contributed by atoms with E-state index in [1.807, 2.05) is 169 Å². The number of hydrogen-bond donors (Lipinski definition) is 0. The highest BCUT2D eigenvalue weighted by Crippen LogP contribution is 2.48. The average Bonchev–Trinajstić information content (AvgIpc) is 0.673. The topological polar surface area (TPSA) is 161 Å². The summed E-state index contributed by atoms with van der Waals surface area (Å²) in [7, 11) is 0. The number of para-hydroxylation sites is 6. The molecule has 0 atom stereocenters. The van der Waals surface area contributed by atoms with E-state index in [-0.39, 0.29) is 75.9 Å². The predicted octanol–water partition coefficient (Wildman–Crippen LogP) is 28.5. The molecule has 0 bridgehead atoms. The zero-order valence-corrected chi connectivity index (χ0v) is 83.5. The first-order chi connectivity index (χ1) is 66.3. The molecule has 0 fully saturated rings. The molecular formula is C126H112N6O8. The third-order valence-corrected chi connectivity index (χ3v) is 29.0. The maximum absolute atomic E-state index is 15.1. The molecule has 14 heteroatoms. The minimum absolute atomic E-state index is 0.0833. The highest BCUT2D eigenvalue weighted by atomic mass is 16.1. The number of benzene rings is 15. The van der Waals surface area contributed by atoms with Gasteiger partial charge >= 0.3 is 0 Å². The maximum Gasteiger partial charge on any atom is 0.199 e. The van der Waals surface area contributed by atoms with Crippen molar-refractivity contribution in [3.8, 4) is 0 Å². The molecule has 23 aromatic rings. The predicted molar refractivity (Wildman–Crippen MR) is 589 cm³/mol. The Bertz CT molecular complexity index is 9200. The number of fused-ring (bicyclic) bond motifs is 17. The molecule has 8 aromatic heterocycles. The fourth-order valence-corrected chi connectivity index (χ4v) is 21.6. The summed E-state index contributed by atoms with van der Waals surface area (Å²) in [6.45, 7) is 47.5.